The van der Waals surface area contributed by atoms with Gasteiger partial charge in [-0.25, -0.2) is 0 Å². The number of nitrogens with two attached hydrogens (primary N) is 1. The first-order valence-electron chi connectivity index (χ1n) is 5.78. The van der Waals surface area contributed by atoms with Gasteiger partial charge in [0, 0.05) is 6.42 Å². The highest BCUT2D eigenvalue weighted by atomic mass is 19.4. The van der Waals surface area contributed by atoms with Crippen molar-refractivity contribution in [2.24, 2.45) is 11.7 Å². The van der Waals surface area contributed by atoms with Crippen LogP contribution in [0.3, 0.4) is 0 Å². The van der Waals surface area contributed by atoms with E-state index in [1.54, 1.807) is 30.3 Å². The summed E-state index contributed by atoms with van der Waals surface area (Å²) < 4.78 is 38.4. The highest BCUT2D eigenvalue weighted by molar-refractivity contribution is 5.73. The van der Waals surface area contributed by atoms with Crippen LogP contribution in [0.15, 0.2) is 30.3 Å². The molecule has 0 aliphatic carbocycles. The van der Waals surface area contributed by atoms with Gasteiger partial charge in [0.15, 0.2) is 0 Å². The highest BCUT2D eigenvalue weighted by Gasteiger charge is 2.38. The van der Waals surface area contributed by atoms with E-state index in [4.69, 9.17) is 5.73 Å². The zero-order valence-corrected chi connectivity index (χ0v) is 9.91. The van der Waals surface area contributed by atoms with E-state index in [2.05, 4.69) is 0 Å². The molecule has 0 spiro atoms. The minimum Gasteiger partial charge on any atom is -0.370 e. The number of hydrogen-bond donors (Lipinski definition) is 1. The molecule has 0 fully saturated rings. The Kier molecular flexibility index (Phi) is 5.19. The Morgan fingerprint density at radius 3 is 2.33 bits per heavy atom. The molecule has 0 saturated carbocycles. The molecule has 1 atom stereocenters. The van der Waals surface area contributed by atoms with Gasteiger partial charge < -0.3 is 5.73 Å². The summed E-state index contributed by atoms with van der Waals surface area (Å²) in [5.74, 6) is -1.98. The third kappa shape index (κ3) is 5.21. The van der Waals surface area contributed by atoms with Crippen molar-refractivity contribution in [1.82, 2.24) is 0 Å². The molecule has 1 rings (SSSR count). The second kappa shape index (κ2) is 6.42. The second-order valence-electron chi connectivity index (χ2n) is 4.29. The van der Waals surface area contributed by atoms with Crippen molar-refractivity contribution in [2.45, 2.75) is 31.9 Å². The first-order chi connectivity index (χ1) is 8.39. The van der Waals surface area contributed by atoms with Gasteiger partial charge in [-0.3, -0.25) is 4.79 Å². The zero-order valence-electron chi connectivity index (χ0n) is 9.91. The molecule has 1 aromatic carbocycles. The number of carbonyl (C=O) groups is 1. The Morgan fingerprint density at radius 2 is 1.83 bits per heavy atom. The minimum atomic E-state index is -4.24. The van der Waals surface area contributed by atoms with Crippen LogP contribution in [0.2, 0.25) is 0 Å². The lowest BCUT2D eigenvalue weighted by Crippen LogP contribution is -2.25. The molecule has 0 saturated heterocycles. The van der Waals surface area contributed by atoms with Gasteiger partial charge in [0.05, 0.1) is 5.92 Å². The van der Waals surface area contributed by atoms with Crippen molar-refractivity contribution in [2.75, 3.05) is 0 Å². The summed E-state index contributed by atoms with van der Waals surface area (Å²) in [7, 11) is 0. The standard InChI is InChI=1S/C13H16F3NO/c14-13(15,16)11(7-4-8-12(17)18)9-10-5-2-1-3-6-10/h1-3,5-6,11H,4,7-9H2,(H2,17,18). The van der Waals surface area contributed by atoms with Gasteiger partial charge in [-0.15, -0.1) is 0 Å². The number of amides is 1. The Hall–Kier alpha value is -1.52. The molecule has 100 valence electrons. The molecule has 2 nitrogen and oxygen atoms in total. The van der Waals surface area contributed by atoms with Gasteiger partial charge in [-0.1, -0.05) is 30.3 Å². The molecular weight excluding hydrogens is 243 g/mol. The normalized spacial score (nSPS) is 13.3. The third-order valence-electron chi connectivity index (χ3n) is 2.76. The van der Waals surface area contributed by atoms with Gasteiger partial charge in [0.25, 0.3) is 0 Å². The van der Waals surface area contributed by atoms with Crippen LogP contribution in [-0.2, 0) is 11.2 Å². The maximum Gasteiger partial charge on any atom is 0.392 e. The quantitative estimate of drug-likeness (QED) is 0.838. The highest BCUT2D eigenvalue weighted by Crippen LogP contribution is 2.32. The molecule has 18 heavy (non-hydrogen) atoms. The first-order valence-corrected chi connectivity index (χ1v) is 5.78. The summed E-state index contributed by atoms with van der Waals surface area (Å²) in [6.45, 7) is 0. The third-order valence-corrected chi connectivity index (χ3v) is 2.76. The lowest BCUT2D eigenvalue weighted by molar-refractivity contribution is -0.176. The van der Waals surface area contributed by atoms with Crippen molar-refractivity contribution >= 4 is 5.91 Å². The van der Waals surface area contributed by atoms with E-state index in [1.165, 1.54) is 0 Å². The molecule has 0 aromatic heterocycles. The van der Waals surface area contributed by atoms with Crippen molar-refractivity contribution in [3.05, 3.63) is 35.9 Å². The van der Waals surface area contributed by atoms with Gasteiger partial charge >= 0.3 is 6.18 Å². The SMILES string of the molecule is NC(=O)CCCC(Cc1ccccc1)C(F)(F)F. The van der Waals surface area contributed by atoms with E-state index in [0.717, 1.165) is 0 Å². The topological polar surface area (TPSA) is 43.1 Å². The molecule has 1 amide bonds. The number of benzene rings is 1. The maximum atomic E-state index is 12.8. The number of carbonyl (C=O) groups excluding carboxylic acids is 1. The van der Waals surface area contributed by atoms with Crippen molar-refractivity contribution < 1.29 is 18.0 Å². The summed E-state index contributed by atoms with van der Waals surface area (Å²) >= 11 is 0. The smallest absolute Gasteiger partial charge is 0.370 e. The van der Waals surface area contributed by atoms with Crippen molar-refractivity contribution in [1.29, 1.82) is 0 Å². The first kappa shape index (κ1) is 14.5. The van der Waals surface area contributed by atoms with Crippen LogP contribution in [0.1, 0.15) is 24.8 Å². The molecule has 1 aromatic rings. The second-order valence-corrected chi connectivity index (χ2v) is 4.29. The van der Waals surface area contributed by atoms with E-state index in [0.29, 0.717) is 5.56 Å². The Bertz CT molecular complexity index is 376. The summed E-state index contributed by atoms with van der Waals surface area (Å²) in [4.78, 5) is 10.5. The van der Waals surface area contributed by atoms with Crippen LogP contribution in [0.25, 0.3) is 0 Å². The lowest BCUT2D eigenvalue weighted by atomic mass is 9.93. The van der Waals surface area contributed by atoms with Gasteiger partial charge in [0.1, 0.15) is 0 Å². The van der Waals surface area contributed by atoms with E-state index < -0.39 is 18.0 Å². The van der Waals surface area contributed by atoms with Crippen LogP contribution in [0, 0.1) is 5.92 Å². The molecule has 2 N–H and O–H groups in total. The van der Waals surface area contributed by atoms with Crippen LogP contribution >= 0.6 is 0 Å². The molecule has 0 aliphatic heterocycles. The average Bonchev–Trinajstić information content (AvgIpc) is 2.27. The van der Waals surface area contributed by atoms with Crippen LogP contribution in [-0.4, -0.2) is 12.1 Å². The Balaban J connectivity index is 2.59. The lowest BCUT2D eigenvalue weighted by Gasteiger charge is -2.20. The maximum absolute atomic E-state index is 12.8. The fourth-order valence-corrected chi connectivity index (χ4v) is 1.80. The summed E-state index contributed by atoms with van der Waals surface area (Å²) in [5.41, 5.74) is 5.57. The Morgan fingerprint density at radius 1 is 1.22 bits per heavy atom. The average molecular weight is 259 g/mol. The molecule has 0 aliphatic rings. The van der Waals surface area contributed by atoms with Crippen LogP contribution in [0.5, 0.6) is 0 Å². The van der Waals surface area contributed by atoms with Crippen molar-refractivity contribution in [3.63, 3.8) is 0 Å². The number of hydrogen-bond acceptors (Lipinski definition) is 1. The minimum absolute atomic E-state index is 0.00136. The predicted molar refractivity (Wildman–Crippen MR) is 62.7 cm³/mol. The van der Waals surface area contributed by atoms with Gasteiger partial charge in [-0.05, 0) is 24.8 Å². The summed E-state index contributed by atoms with van der Waals surface area (Å²) in [5, 5.41) is 0. The molecule has 0 heterocycles. The van der Waals surface area contributed by atoms with E-state index in [-0.39, 0.29) is 25.7 Å². The number of alkyl halides is 3. The van der Waals surface area contributed by atoms with Gasteiger partial charge in [0.2, 0.25) is 5.91 Å². The molecule has 1 unspecified atom stereocenters. The van der Waals surface area contributed by atoms with E-state index >= 15 is 0 Å². The zero-order chi connectivity index (χ0) is 13.6. The fraction of sp³-hybridized carbons (Fsp3) is 0.462. The van der Waals surface area contributed by atoms with E-state index in [1.807, 2.05) is 0 Å². The summed E-state index contributed by atoms with van der Waals surface area (Å²) in [6.07, 6.45) is -4.19. The predicted octanol–water partition coefficient (Wildman–Crippen LogP) is 3.06. The molecule has 0 bridgehead atoms. The largest absolute Gasteiger partial charge is 0.392 e. The van der Waals surface area contributed by atoms with Crippen LogP contribution < -0.4 is 5.73 Å². The monoisotopic (exact) mass is 259 g/mol. The summed E-state index contributed by atoms with van der Waals surface area (Å²) in [6, 6.07) is 8.54. The number of halogens is 3. The number of rotatable bonds is 6. The molecule has 5 heteroatoms. The number of primary amides is 1. The van der Waals surface area contributed by atoms with Crippen molar-refractivity contribution in [3.8, 4) is 0 Å². The van der Waals surface area contributed by atoms with E-state index in [9.17, 15) is 18.0 Å². The molecule has 0 radical (unpaired) electrons. The Labute approximate surface area is 104 Å². The van der Waals surface area contributed by atoms with Crippen LogP contribution in [0.4, 0.5) is 13.2 Å². The molecular formula is C13H16F3NO. The fourth-order valence-electron chi connectivity index (χ4n) is 1.80. The van der Waals surface area contributed by atoms with Gasteiger partial charge in [-0.2, -0.15) is 13.2 Å².